The van der Waals surface area contributed by atoms with Crippen molar-refractivity contribution >= 4 is 11.6 Å². The molecule has 2 rings (SSSR count). The van der Waals surface area contributed by atoms with Crippen molar-refractivity contribution in [2.24, 2.45) is 0 Å². The van der Waals surface area contributed by atoms with Crippen molar-refractivity contribution < 1.29 is 0 Å². The van der Waals surface area contributed by atoms with Gasteiger partial charge in [0.2, 0.25) is 0 Å². The minimum Gasteiger partial charge on any atom is -0.196 e. The molecule has 0 saturated heterocycles. The SMILES string of the molecule is N#CC1(Cl)CCC(c2ccccc2)CC1. The van der Waals surface area contributed by atoms with Crippen LogP contribution in [0, 0.1) is 11.3 Å². The van der Waals surface area contributed by atoms with Gasteiger partial charge in [0, 0.05) is 0 Å². The lowest BCUT2D eigenvalue weighted by Gasteiger charge is -2.30. The van der Waals surface area contributed by atoms with E-state index in [0.29, 0.717) is 5.92 Å². The van der Waals surface area contributed by atoms with Gasteiger partial charge in [0.25, 0.3) is 0 Å². The quantitative estimate of drug-likeness (QED) is 0.659. The monoisotopic (exact) mass is 219 g/mol. The second kappa shape index (κ2) is 4.24. The number of alkyl halides is 1. The fourth-order valence-corrected chi connectivity index (χ4v) is 2.46. The third-order valence-corrected chi connectivity index (χ3v) is 3.71. The average Bonchev–Trinajstić information content (AvgIpc) is 2.31. The highest BCUT2D eigenvalue weighted by Crippen LogP contribution is 2.40. The van der Waals surface area contributed by atoms with Crippen molar-refractivity contribution in [1.82, 2.24) is 0 Å². The maximum atomic E-state index is 8.93. The number of nitriles is 1. The summed E-state index contributed by atoms with van der Waals surface area (Å²) < 4.78 is 0. The van der Waals surface area contributed by atoms with Crippen molar-refractivity contribution in [3.05, 3.63) is 35.9 Å². The Kier molecular flexibility index (Phi) is 2.98. The van der Waals surface area contributed by atoms with E-state index in [4.69, 9.17) is 16.9 Å². The van der Waals surface area contributed by atoms with Crippen molar-refractivity contribution in [2.45, 2.75) is 36.5 Å². The van der Waals surface area contributed by atoms with Crippen LogP contribution in [0.15, 0.2) is 30.3 Å². The van der Waals surface area contributed by atoms with Crippen molar-refractivity contribution in [3.63, 3.8) is 0 Å². The van der Waals surface area contributed by atoms with E-state index in [9.17, 15) is 0 Å². The van der Waals surface area contributed by atoms with Crippen LogP contribution < -0.4 is 0 Å². The minimum absolute atomic E-state index is 0.589. The molecule has 1 aliphatic rings. The summed E-state index contributed by atoms with van der Waals surface area (Å²) in [6.07, 6.45) is 3.68. The van der Waals surface area contributed by atoms with Crippen molar-refractivity contribution in [1.29, 1.82) is 5.26 Å². The zero-order valence-electron chi connectivity index (χ0n) is 8.62. The molecule has 0 radical (unpaired) electrons. The van der Waals surface area contributed by atoms with E-state index >= 15 is 0 Å². The van der Waals surface area contributed by atoms with Gasteiger partial charge in [-0.1, -0.05) is 30.3 Å². The molecule has 0 heterocycles. The van der Waals surface area contributed by atoms with Crippen molar-refractivity contribution in [3.8, 4) is 6.07 Å². The molecule has 2 heteroatoms. The summed E-state index contributed by atoms with van der Waals surface area (Å²) in [4.78, 5) is -0.592. The molecule has 1 aromatic carbocycles. The van der Waals surface area contributed by atoms with E-state index < -0.39 is 4.87 Å². The number of hydrogen-bond acceptors (Lipinski definition) is 1. The van der Waals surface area contributed by atoms with Crippen LogP contribution in [0.1, 0.15) is 37.2 Å². The summed E-state index contributed by atoms with van der Waals surface area (Å²) in [6, 6.07) is 12.7. The Morgan fingerprint density at radius 2 is 1.80 bits per heavy atom. The van der Waals surface area contributed by atoms with Gasteiger partial charge in [-0.05, 0) is 37.2 Å². The predicted octanol–water partition coefficient (Wildman–Crippen LogP) is 3.85. The van der Waals surface area contributed by atoms with Crippen LogP contribution in [0.3, 0.4) is 0 Å². The zero-order valence-corrected chi connectivity index (χ0v) is 9.37. The second-order valence-electron chi connectivity index (χ2n) is 4.26. The molecule has 0 aliphatic heterocycles. The topological polar surface area (TPSA) is 23.8 Å². The lowest BCUT2D eigenvalue weighted by atomic mass is 9.79. The van der Waals surface area contributed by atoms with Gasteiger partial charge in [0.05, 0.1) is 6.07 Å². The molecule has 15 heavy (non-hydrogen) atoms. The van der Waals surface area contributed by atoms with Crippen LogP contribution in [-0.2, 0) is 0 Å². The number of rotatable bonds is 1. The largest absolute Gasteiger partial charge is 0.196 e. The highest BCUT2D eigenvalue weighted by atomic mass is 35.5. The molecular weight excluding hydrogens is 206 g/mol. The van der Waals surface area contributed by atoms with Crippen LogP contribution in [0.25, 0.3) is 0 Å². The van der Waals surface area contributed by atoms with E-state index in [1.165, 1.54) is 5.56 Å². The third-order valence-electron chi connectivity index (χ3n) is 3.25. The van der Waals surface area contributed by atoms with E-state index in [1.54, 1.807) is 0 Å². The average molecular weight is 220 g/mol. The number of halogens is 1. The van der Waals surface area contributed by atoms with Gasteiger partial charge >= 0.3 is 0 Å². The highest BCUT2D eigenvalue weighted by molar-refractivity contribution is 6.25. The summed E-state index contributed by atoms with van der Waals surface area (Å²) in [7, 11) is 0. The Bertz CT molecular complexity index is 358. The molecule has 0 amide bonds. The van der Waals surface area contributed by atoms with Gasteiger partial charge in [0.15, 0.2) is 0 Å². The smallest absolute Gasteiger partial charge is 0.131 e. The predicted molar refractivity (Wildman–Crippen MR) is 61.8 cm³/mol. The first-order valence-corrected chi connectivity index (χ1v) is 5.76. The van der Waals surface area contributed by atoms with Gasteiger partial charge in [-0.15, -0.1) is 11.6 Å². The number of benzene rings is 1. The van der Waals surface area contributed by atoms with Crippen molar-refractivity contribution in [2.75, 3.05) is 0 Å². The Hall–Kier alpha value is -1.00. The Labute approximate surface area is 95.7 Å². The molecule has 1 fully saturated rings. The first-order valence-electron chi connectivity index (χ1n) is 5.39. The summed E-state index contributed by atoms with van der Waals surface area (Å²) >= 11 is 6.15. The van der Waals surface area contributed by atoms with Gasteiger partial charge < -0.3 is 0 Å². The molecule has 1 saturated carbocycles. The molecule has 78 valence electrons. The molecule has 1 nitrogen and oxygen atoms in total. The minimum atomic E-state index is -0.592. The first kappa shape index (κ1) is 10.5. The molecule has 1 aliphatic carbocycles. The molecule has 0 N–H and O–H groups in total. The highest BCUT2D eigenvalue weighted by Gasteiger charge is 2.33. The number of hydrogen-bond donors (Lipinski definition) is 0. The second-order valence-corrected chi connectivity index (χ2v) is 4.99. The number of nitrogens with zero attached hydrogens (tertiary/aromatic N) is 1. The lowest BCUT2D eigenvalue weighted by molar-refractivity contribution is 0.403. The normalized spacial score (nSPS) is 30.8. The standard InChI is InChI=1S/C13H14ClN/c14-13(10-15)8-6-12(7-9-13)11-4-2-1-3-5-11/h1-5,12H,6-9H2. The first-order chi connectivity index (χ1) is 7.23. The van der Waals surface area contributed by atoms with E-state index in [-0.39, 0.29) is 0 Å². The molecule has 0 spiro atoms. The Balaban J connectivity index is 2.04. The summed E-state index contributed by atoms with van der Waals surface area (Å²) in [6.45, 7) is 0. The van der Waals surface area contributed by atoms with Gasteiger partial charge in [-0.2, -0.15) is 5.26 Å². The fourth-order valence-electron chi connectivity index (χ4n) is 2.25. The van der Waals surface area contributed by atoms with Crippen LogP contribution >= 0.6 is 11.6 Å². The Morgan fingerprint density at radius 1 is 1.20 bits per heavy atom. The molecule has 0 unspecified atom stereocenters. The summed E-state index contributed by atoms with van der Waals surface area (Å²) in [5, 5.41) is 8.93. The van der Waals surface area contributed by atoms with E-state index in [0.717, 1.165) is 25.7 Å². The fraction of sp³-hybridized carbons (Fsp3) is 0.462. The molecule has 0 bridgehead atoms. The molecule has 0 atom stereocenters. The van der Waals surface area contributed by atoms with Crippen LogP contribution in [0.5, 0.6) is 0 Å². The lowest BCUT2D eigenvalue weighted by Crippen LogP contribution is -2.25. The third kappa shape index (κ3) is 2.33. The molecular formula is C13H14ClN. The van der Waals surface area contributed by atoms with Gasteiger partial charge in [-0.3, -0.25) is 0 Å². The maximum absolute atomic E-state index is 8.93. The van der Waals surface area contributed by atoms with Crippen LogP contribution in [0.4, 0.5) is 0 Å². The summed E-state index contributed by atoms with van der Waals surface area (Å²) in [5.41, 5.74) is 1.38. The molecule has 1 aromatic rings. The van der Waals surface area contributed by atoms with E-state index in [1.807, 2.05) is 6.07 Å². The molecule has 0 aromatic heterocycles. The summed E-state index contributed by atoms with van der Waals surface area (Å²) in [5.74, 6) is 0.589. The zero-order chi connectivity index (χ0) is 10.7. The maximum Gasteiger partial charge on any atom is 0.131 e. The van der Waals surface area contributed by atoms with E-state index in [2.05, 4.69) is 30.3 Å². The van der Waals surface area contributed by atoms with Crippen LogP contribution in [0.2, 0.25) is 0 Å². The van der Waals surface area contributed by atoms with Crippen LogP contribution in [-0.4, -0.2) is 4.87 Å². The van der Waals surface area contributed by atoms with Gasteiger partial charge in [-0.25, -0.2) is 0 Å². The van der Waals surface area contributed by atoms with Gasteiger partial charge in [0.1, 0.15) is 4.87 Å². The Morgan fingerprint density at radius 3 is 2.33 bits per heavy atom.